The third-order valence-electron chi connectivity index (χ3n) is 10.1. The molecule has 0 N–H and O–H groups in total. The van der Waals surface area contributed by atoms with E-state index in [1.807, 2.05) is 48.5 Å². The molecule has 1 aromatic heterocycles. The summed E-state index contributed by atoms with van der Waals surface area (Å²) in [5, 5.41) is 8.50. The number of allylic oxidation sites excluding steroid dienone is 2. The molecule has 0 saturated carbocycles. The van der Waals surface area contributed by atoms with Gasteiger partial charge in [0.2, 0.25) is 0 Å². The predicted molar refractivity (Wildman–Crippen MR) is 212 cm³/mol. The molecule has 5 heteroatoms. The average molecular weight is 726 g/mol. The molecule has 3 nitrogen and oxygen atoms in total. The van der Waals surface area contributed by atoms with Crippen LogP contribution in [0.3, 0.4) is 0 Å². The summed E-state index contributed by atoms with van der Waals surface area (Å²) in [7, 11) is 0. The molecule has 0 radical (unpaired) electrons. The van der Waals surface area contributed by atoms with E-state index in [4.69, 9.17) is 20.7 Å². The number of aliphatic imine (C=N–C) groups is 1. The Morgan fingerprint density at radius 1 is 0.692 bits per heavy atom. The van der Waals surface area contributed by atoms with Crippen LogP contribution in [0.1, 0.15) is 33.9 Å². The largest absolute Gasteiger partial charge is 1.00 e. The van der Waals surface area contributed by atoms with Crippen molar-refractivity contribution in [1.82, 2.24) is 0 Å². The molecule has 0 bridgehead atoms. The number of hydrogen-bond donors (Lipinski definition) is 0. The first kappa shape index (κ1) is 32.5. The van der Waals surface area contributed by atoms with Crippen LogP contribution in [0.4, 0.5) is 0 Å². The van der Waals surface area contributed by atoms with Crippen LogP contribution < -0.4 is 23.6 Å². The van der Waals surface area contributed by atoms with Crippen LogP contribution in [0.5, 0.6) is 5.75 Å². The number of halogens is 1. The van der Waals surface area contributed by atoms with Crippen molar-refractivity contribution >= 4 is 76.2 Å². The summed E-state index contributed by atoms with van der Waals surface area (Å²) in [4.78, 5) is 4.93. The molecular formula is C47H28BrLiNO2-. The zero-order valence-electron chi connectivity index (χ0n) is 28.3. The van der Waals surface area contributed by atoms with Gasteiger partial charge in [0.25, 0.3) is 0 Å². The van der Waals surface area contributed by atoms with Crippen molar-refractivity contribution in [2.45, 2.75) is 12.0 Å². The fourth-order valence-electron chi connectivity index (χ4n) is 7.62. The first-order valence-corrected chi connectivity index (χ1v) is 17.8. The van der Waals surface area contributed by atoms with Gasteiger partial charge in [-0.2, -0.15) is 5.56 Å². The van der Waals surface area contributed by atoms with E-state index < -0.39 is 0 Å². The minimum Gasteiger partial charge on any atom is -0.518 e. The standard InChI is InChI=1S/C47H28BrNO2.Li/c1-28(29-9-3-2-4-10-29)49-47(46-25-32-15-19-34(48)27-44(32)51-46)33-17-21-40-42-24-31(18-22-43(42)50-45(40)26-33)30-16-20-39-37-13-6-5-11-35(37)36-12-7-8-14-38(36)41(39)23-30;/h1-24,26-27,42-43H;/q-2;+1. The van der Waals surface area contributed by atoms with Crippen LogP contribution in [0, 0.1) is 12.6 Å². The summed E-state index contributed by atoms with van der Waals surface area (Å²) in [5.74, 6) is 1.41. The molecular weight excluding hydrogens is 697 g/mol. The van der Waals surface area contributed by atoms with Crippen molar-refractivity contribution in [3.8, 4) is 5.75 Å². The molecule has 0 saturated heterocycles. The van der Waals surface area contributed by atoms with Gasteiger partial charge in [0, 0.05) is 27.2 Å². The van der Waals surface area contributed by atoms with Gasteiger partial charge in [-0.05, 0) is 73.3 Å². The summed E-state index contributed by atoms with van der Waals surface area (Å²) in [6, 6.07) is 49.6. The smallest absolute Gasteiger partial charge is 0.518 e. The van der Waals surface area contributed by atoms with Crippen LogP contribution in [0.2, 0.25) is 0 Å². The van der Waals surface area contributed by atoms with Crippen LogP contribution in [-0.2, 0) is 0 Å². The SMILES string of the molecule is [CH-]=C(N=C(c1ccc2c(c1)OC1C=CC(c3ccc4c5ccccc5c5ccccc5c4c3)=CC21)c1[c-]c2ccc(Br)cc2o1)c1ccccc1.[Li+]. The summed E-state index contributed by atoms with van der Waals surface area (Å²) < 4.78 is 13.8. The molecule has 242 valence electrons. The molecule has 2 heterocycles. The Morgan fingerprint density at radius 3 is 2.13 bits per heavy atom. The van der Waals surface area contributed by atoms with Gasteiger partial charge in [0.15, 0.2) is 0 Å². The molecule has 2 aliphatic rings. The average Bonchev–Trinajstić information content (AvgIpc) is 3.77. The molecule has 1 aliphatic carbocycles. The third kappa shape index (κ3) is 5.47. The minimum absolute atomic E-state index is 0. The number of furan rings is 1. The van der Waals surface area contributed by atoms with E-state index in [1.165, 1.54) is 43.5 Å². The van der Waals surface area contributed by atoms with E-state index in [0.29, 0.717) is 22.8 Å². The normalized spacial score (nSPS) is 16.4. The van der Waals surface area contributed by atoms with E-state index in [-0.39, 0.29) is 30.9 Å². The van der Waals surface area contributed by atoms with Gasteiger partial charge in [-0.15, -0.1) is 29.3 Å². The molecule has 2 unspecified atom stereocenters. The molecule has 0 amide bonds. The van der Waals surface area contributed by atoms with Crippen LogP contribution in [0.15, 0.2) is 166 Å². The Bertz CT molecular complexity index is 2790. The van der Waals surface area contributed by atoms with Crippen LogP contribution >= 0.6 is 15.9 Å². The number of rotatable bonds is 5. The molecule has 7 aromatic carbocycles. The van der Waals surface area contributed by atoms with Gasteiger partial charge in [0.1, 0.15) is 11.9 Å². The number of hydrogen-bond acceptors (Lipinski definition) is 3. The summed E-state index contributed by atoms with van der Waals surface area (Å²) in [6.07, 6.45) is 6.63. The number of benzene rings is 7. The van der Waals surface area contributed by atoms with Crippen molar-refractivity contribution in [2.75, 3.05) is 0 Å². The molecule has 2 atom stereocenters. The molecule has 0 spiro atoms. The zero-order valence-corrected chi connectivity index (χ0v) is 29.9. The molecule has 1 aliphatic heterocycles. The molecule has 0 fully saturated rings. The zero-order chi connectivity index (χ0) is 34.1. The van der Waals surface area contributed by atoms with Crippen molar-refractivity contribution in [2.24, 2.45) is 4.99 Å². The molecule has 52 heavy (non-hydrogen) atoms. The summed E-state index contributed by atoms with van der Waals surface area (Å²) in [5.41, 5.74) is 6.88. The second kappa shape index (κ2) is 13.0. The maximum absolute atomic E-state index is 6.59. The Hall–Kier alpha value is -5.37. The Morgan fingerprint density at radius 2 is 1.38 bits per heavy atom. The third-order valence-corrected chi connectivity index (χ3v) is 10.6. The van der Waals surface area contributed by atoms with E-state index in [1.54, 1.807) is 0 Å². The second-order valence-corrected chi connectivity index (χ2v) is 14.0. The van der Waals surface area contributed by atoms with Crippen LogP contribution in [0.25, 0.3) is 54.6 Å². The second-order valence-electron chi connectivity index (χ2n) is 13.1. The topological polar surface area (TPSA) is 34.7 Å². The predicted octanol–water partition coefficient (Wildman–Crippen LogP) is 9.27. The van der Waals surface area contributed by atoms with E-state index in [0.717, 1.165) is 32.3 Å². The maximum Gasteiger partial charge on any atom is 1.00 e. The Balaban J connectivity index is 0.00000360. The number of nitrogens with zero attached hydrogens (tertiary/aromatic N) is 1. The van der Waals surface area contributed by atoms with Gasteiger partial charge in [-0.25, -0.2) is 0 Å². The summed E-state index contributed by atoms with van der Waals surface area (Å²) >= 11 is 3.55. The van der Waals surface area contributed by atoms with E-state index in [9.17, 15) is 0 Å². The van der Waals surface area contributed by atoms with Crippen molar-refractivity contribution in [1.29, 1.82) is 0 Å². The fourth-order valence-corrected chi connectivity index (χ4v) is 7.96. The van der Waals surface area contributed by atoms with Gasteiger partial charge < -0.3 is 14.1 Å². The van der Waals surface area contributed by atoms with E-state index >= 15 is 0 Å². The Kier molecular flexibility index (Phi) is 8.13. The van der Waals surface area contributed by atoms with Crippen LogP contribution in [-0.4, -0.2) is 11.8 Å². The number of fused-ring (bicyclic) bond motifs is 10. The Labute approximate surface area is 322 Å². The molecule has 10 rings (SSSR count). The maximum atomic E-state index is 6.59. The van der Waals surface area contributed by atoms with Crippen molar-refractivity contribution < 1.29 is 28.0 Å². The monoisotopic (exact) mass is 724 g/mol. The first-order valence-electron chi connectivity index (χ1n) is 17.0. The summed E-state index contributed by atoms with van der Waals surface area (Å²) in [6.45, 7) is 6.58. The molecule has 8 aromatic rings. The van der Waals surface area contributed by atoms with E-state index in [2.05, 4.69) is 125 Å². The minimum atomic E-state index is -0.0966. The van der Waals surface area contributed by atoms with Gasteiger partial charge in [-0.3, -0.25) is 6.58 Å². The van der Waals surface area contributed by atoms with Crippen molar-refractivity contribution in [3.05, 3.63) is 197 Å². The quantitative estimate of drug-likeness (QED) is 0.0768. The first-order chi connectivity index (χ1) is 25.1. The van der Waals surface area contributed by atoms with Gasteiger partial charge >= 0.3 is 18.9 Å². The van der Waals surface area contributed by atoms with Crippen molar-refractivity contribution in [3.63, 3.8) is 0 Å². The van der Waals surface area contributed by atoms with Gasteiger partial charge in [-0.1, -0.05) is 131 Å². The number of ether oxygens (including phenoxy) is 1. The fraction of sp³-hybridized carbons (Fsp3) is 0.0426. The van der Waals surface area contributed by atoms with Gasteiger partial charge in [0.05, 0.1) is 5.76 Å².